The van der Waals surface area contributed by atoms with Crippen molar-refractivity contribution in [2.45, 2.75) is 25.7 Å². The van der Waals surface area contributed by atoms with Crippen molar-refractivity contribution in [2.75, 3.05) is 13.1 Å². The normalized spacial score (nSPS) is 15.3. The van der Waals surface area contributed by atoms with Crippen molar-refractivity contribution < 1.29 is 19.2 Å². The van der Waals surface area contributed by atoms with Crippen molar-refractivity contribution in [3.8, 4) is 0 Å². The van der Waals surface area contributed by atoms with Gasteiger partial charge >= 0.3 is 0 Å². The predicted molar refractivity (Wildman–Crippen MR) is 112 cm³/mol. The summed E-state index contributed by atoms with van der Waals surface area (Å²) in [5.74, 6) is -1.35. The average Bonchev–Trinajstić information content (AvgIpc) is 3.12. The lowest BCUT2D eigenvalue weighted by Gasteiger charge is -2.15. The Labute approximate surface area is 183 Å². The molecule has 2 aliphatic heterocycles. The first-order valence-electron chi connectivity index (χ1n) is 9.71. The number of hydrogen-bond donors (Lipinski definition) is 0. The molecule has 0 N–H and O–H groups in total. The van der Waals surface area contributed by atoms with Crippen LogP contribution in [-0.4, -0.2) is 46.5 Å². The molecule has 4 rings (SSSR count). The zero-order chi connectivity index (χ0) is 21.4. The lowest BCUT2D eigenvalue weighted by molar-refractivity contribution is 0.0630. The summed E-state index contributed by atoms with van der Waals surface area (Å²) < 4.78 is 0. The van der Waals surface area contributed by atoms with Gasteiger partial charge in [0, 0.05) is 13.1 Å². The highest BCUT2D eigenvalue weighted by atomic mass is 35.5. The number of hydrogen-bond acceptors (Lipinski definition) is 4. The number of amides is 4. The number of rotatable bonds is 7. The van der Waals surface area contributed by atoms with Gasteiger partial charge in [0.1, 0.15) is 0 Å². The molecule has 2 aliphatic rings. The molecular weight excluding hydrogens is 427 g/mol. The maximum Gasteiger partial charge on any atom is 0.263 e. The molecule has 6 nitrogen and oxygen atoms in total. The van der Waals surface area contributed by atoms with E-state index in [2.05, 4.69) is 0 Å². The largest absolute Gasteiger partial charge is 0.274 e. The summed E-state index contributed by atoms with van der Waals surface area (Å²) in [6, 6.07) is 9.72. The van der Waals surface area contributed by atoms with Crippen LogP contribution in [0.3, 0.4) is 0 Å². The molecule has 2 aromatic carbocycles. The number of halogens is 2. The van der Waals surface area contributed by atoms with Crippen LogP contribution in [0.15, 0.2) is 36.4 Å². The lowest BCUT2D eigenvalue weighted by atomic mass is 10.1. The first-order chi connectivity index (χ1) is 14.4. The standard InChI is InChI=1S/C22H18Cl2N2O4/c23-15-9-5-7-13-17(15)21(29)25(19(13)27)11-3-1-2-4-12-26-20(28)14-8-6-10-16(24)18(14)22(26)30/h5-10H,1-4,11-12H2. The van der Waals surface area contributed by atoms with E-state index in [4.69, 9.17) is 23.2 Å². The van der Waals surface area contributed by atoms with Crippen LogP contribution in [0.4, 0.5) is 0 Å². The Hall–Kier alpha value is -2.70. The van der Waals surface area contributed by atoms with Crippen molar-refractivity contribution in [3.63, 3.8) is 0 Å². The van der Waals surface area contributed by atoms with E-state index in [9.17, 15) is 19.2 Å². The van der Waals surface area contributed by atoms with Crippen LogP contribution < -0.4 is 0 Å². The van der Waals surface area contributed by atoms with Gasteiger partial charge in [0.05, 0.1) is 32.3 Å². The van der Waals surface area contributed by atoms with E-state index in [1.807, 2.05) is 0 Å². The fraction of sp³-hybridized carbons (Fsp3) is 0.273. The van der Waals surface area contributed by atoms with Gasteiger partial charge in [-0.1, -0.05) is 48.2 Å². The fourth-order valence-corrected chi connectivity index (χ4v) is 4.39. The molecule has 0 aromatic heterocycles. The fourth-order valence-electron chi connectivity index (χ4n) is 3.88. The molecule has 8 heteroatoms. The van der Waals surface area contributed by atoms with Gasteiger partial charge in [0.2, 0.25) is 0 Å². The second-order valence-electron chi connectivity index (χ2n) is 7.26. The van der Waals surface area contributed by atoms with Crippen LogP contribution >= 0.6 is 23.2 Å². The molecule has 0 radical (unpaired) electrons. The first kappa shape index (κ1) is 20.6. The van der Waals surface area contributed by atoms with Crippen LogP contribution in [0.2, 0.25) is 10.0 Å². The molecule has 4 amide bonds. The number of benzene rings is 2. The van der Waals surface area contributed by atoms with E-state index in [0.717, 1.165) is 12.8 Å². The van der Waals surface area contributed by atoms with Crippen molar-refractivity contribution >= 4 is 46.8 Å². The molecule has 0 atom stereocenters. The lowest BCUT2D eigenvalue weighted by Crippen LogP contribution is -2.31. The monoisotopic (exact) mass is 444 g/mol. The number of imide groups is 2. The van der Waals surface area contributed by atoms with E-state index >= 15 is 0 Å². The van der Waals surface area contributed by atoms with Crippen LogP contribution in [0.5, 0.6) is 0 Å². The van der Waals surface area contributed by atoms with E-state index in [-0.39, 0.29) is 44.8 Å². The second kappa shape index (κ2) is 8.20. The maximum absolute atomic E-state index is 12.5. The van der Waals surface area contributed by atoms with Crippen LogP contribution in [0.25, 0.3) is 0 Å². The van der Waals surface area contributed by atoms with Gasteiger partial charge in [0.15, 0.2) is 0 Å². The zero-order valence-electron chi connectivity index (χ0n) is 16.0. The van der Waals surface area contributed by atoms with Crippen molar-refractivity contribution in [3.05, 3.63) is 68.7 Å². The molecule has 0 unspecified atom stereocenters. The highest BCUT2D eigenvalue weighted by Crippen LogP contribution is 2.30. The molecular formula is C22H18Cl2N2O4. The Morgan fingerprint density at radius 3 is 1.33 bits per heavy atom. The molecule has 154 valence electrons. The molecule has 0 bridgehead atoms. The highest BCUT2D eigenvalue weighted by Gasteiger charge is 2.37. The van der Waals surface area contributed by atoms with Gasteiger partial charge in [-0.2, -0.15) is 0 Å². The summed E-state index contributed by atoms with van der Waals surface area (Å²) in [5, 5.41) is 0.573. The number of nitrogens with zero attached hydrogens (tertiary/aromatic N) is 2. The molecule has 0 aliphatic carbocycles. The van der Waals surface area contributed by atoms with Gasteiger partial charge in [-0.25, -0.2) is 0 Å². The molecule has 0 saturated heterocycles. The van der Waals surface area contributed by atoms with Crippen LogP contribution in [0, 0.1) is 0 Å². The quantitative estimate of drug-likeness (QED) is 0.467. The van der Waals surface area contributed by atoms with Gasteiger partial charge in [-0.3, -0.25) is 29.0 Å². The smallest absolute Gasteiger partial charge is 0.263 e. The maximum atomic E-state index is 12.5. The van der Waals surface area contributed by atoms with Crippen molar-refractivity contribution in [2.24, 2.45) is 0 Å². The Bertz CT molecular complexity index is 997. The van der Waals surface area contributed by atoms with Gasteiger partial charge < -0.3 is 0 Å². The number of fused-ring (bicyclic) bond motifs is 2. The van der Waals surface area contributed by atoms with Crippen LogP contribution in [-0.2, 0) is 0 Å². The van der Waals surface area contributed by atoms with Crippen molar-refractivity contribution in [1.29, 1.82) is 0 Å². The SMILES string of the molecule is O=C1c2cccc(Cl)c2C(=O)N1CCCCCCN1C(=O)c2cccc(Cl)c2C1=O. The zero-order valence-corrected chi connectivity index (χ0v) is 17.5. The average molecular weight is 445 g/mol. The van der Waals surface area contributed by atoms with Gasteiger partial charge in [0.25, 0.3) is 23.6 Å². The first-order valence-corrected chi connectivity index (χ1v) is 10.5. The third-order valence-electron chi connectivity index (χ3n) is 5.41. The second-order valence-corrected chi connectivity index (χ2v) is 8.08. The van der Waals surface area contributed by atoms with E-state index in [0.29, 0.717) is 37.1 Å². The summed E-state index contributed by atoms with van der Waals surface area (Å²) >= 11 is 12.1. The Morgan fingerprint density at radius 1 is 0.567 bits per heavy atom. The Balaban J connectivity index is 1.25. The van der Waals surface area contributed by atoms with E-state index in [1.54, 1.807) is 36.4 Å². The van der Waals surface area contributed by atoms with Gasteiger partial charge in [-0.05, 0) is 37.1 Å². The molecule has 0 saturated carbocycles. The summed E-state index contributed by atoms with van der Waals surface area (Å²) in [6.45, 7) is 0.622. The van der Waals surface area contributed by atoms with E-state index < -0.39 is 0 Å². The Kier molecular flexibility index (Phi) is 5.62. The molecule has 0 fully saturated rings. The number of unbranched alkanes of at least 4 members (excludes halogenated alkanes) is 3. The van der Waals surface area contributed by atoms with Gasteiger partial charge in [-0.15, -0.1) is 0 Å². The topological polar surface area (TPSA) is 74.8 Å². The third kappa shape index (κ3) is 3.40. The number of carbonyl (C=O) groups excluding carboxylic acids is 4. The third-order valence-corrected chi connectivity index (χ3v) is 6.04. The minimum atomic E-state index is -0.358. The molecule has 2 aromatic rings. The summed E-state index contributed by atoms with van der Waals surface area (Å²) in [5.41, 5.74) is 1.23. The minimum absolute atomic E-state index is 0.272. The summed E-state index contributed by atoms with van der Waals surface area (Å²) in [4.78, 5) is 52.2. The Morgan fingerprint density at radius 2 is 0.967 bits per heavy atom. The molecule has 30 heavy (non-hydrogen) atoms. The van der Waals surface area contributed by atoms with Crippen molar-refractivity contribution in [1.82, 2.24) is 9.80 Å². The highest BCUT2D eigenvalue weighted by molar-refractivity contribution is 6.37. The molecule has 0 spiro atoms. The number of carbonyl (C=O) groups is 4. The van der Waals surface area contributed by atoms with E-state index in [1.165, 1.54) is 9.80 Å². The summed E-state index contributed by atoms with van der Waals surface area (Å²) in [6.07, 6.45) is 2.78. The minimum Gasteiger partial charge on any atom is -0.274 e. The molecule has 2 heterocycles. The predicted octanol–water partition coefficient (Wildman–Crippen LogP) is 4.45. The summed E-state index contributed by atoms with van der Waals surface area (Å²) in [7, 11) is 0. The van der Waals surface area contributed by atoms with Crippen LogP contribution in [0.1, 0.15) is 67.1 Å².